The van der Waals surface area contributed by atoms with Crippen LogP contribution in [0.25, 0.3) is 0 Å². The highest BCUT2D eigenvalue weighted by Gasteiger charge is 2.31. The maximum Gasteiger partial charge on any atom is 0.323 e. The van der Waals surface area contributed by atoms with Crippen LogP contribution in [0.5, 0.6) is 11.5 Å². The molecule has 12 heteroatoms. The second-order valence-electron chi connectivity index (χ2n) is 13.5. The summed E-state index contributed by atoms with van der Waals surface area (Å²) in [6, 6.07) is 11.1. The fraction of sp³-hybridized carbons (Fsp3) is 0.595. The maximum atomic E-state index is 14.4. The van der Waals surface area contributed by atoms with Gasteiger partial charge >= 0.3 is 12.1 Å². The van der Waals surface area contributed by atoms with Crippen molar-refractivity contribution >= 4 is 29.3 Å². The molecule has 0 aromatic heterocycles. The molecule has 4 rings (SSSR count). The first kappa shape index (κ1) is 37.8. The molecule has 0 unspecified atom stereocenters. The number of anilines is 2. The van der Waals surface area contributed by atoms with E-state index < -0.39 is 12.1 Å². The number of aliphatic hydroxyl groups is 1. The van der Waals surface area contributed by atoms with Crippen molar-refractivity contribution in [2.24, 2.45) is 5.92 Å². The van der Waals surface area contributed by atoms with Crippen LogP contribution in [0.1, 0.15) is 82.5 Å². The van der Waals surface area contributed by atoms with Gasteiger partial charge in [-0.3, -0.25) is 4.79 Å². The first-order chi connectivity index (χ1) is 23.6. The Balaban J connectivity index is 1.55. The number of amides is 5. The van der Waals surface area contributed by atoms with Gasteiger partial charge in [-0.2, -0.15) is 0 Å². The van der Waals surface area contributed by atoms with Gasteiger partial charge in [0.2, 0.25) is 0 Å². The number of ether oxygens (including phenoxy) is 3. The molecule has 1 fully saturated rings. The lowest BCUT2D eigenvalue weighted by molar-refractivity contribution is -0.0123. The normalized spacial score (nSPS) is 21.7. The average molecular weight is 682 g/mol. The summed E-state index contributed by atoms with van der Waals surface area (Å²) in [7, 11) is 3.36. The number of rotatable bonds is 8. The first-order valence-corrected chi connectivity index (χ1v) is 17.7. The highest BCUT2D eigenvalue weighted by Crippen LogP contribution is 2.29. The summed E-state index contributed by atoms with van der Waals surface area (Å²) in [5, 5.41) is 19.0. The number of nitrogens with zero attached hydrogens (tertiary/aromatic N) is 2. The predicted molar refractivity (Wildman–Crippen MR) is 191 cm³/mol. The molecule has 0 radical (unpaired) electrons. The van der Waals surface area contributed by atoms with E-state index in [1.54, 1.807) is 73.3 Å². The van der Waals surface area contributed by atoms with Gasteiger partial charge in [-0.25, -0.2) is 9.59 Å². The molecule has 12 nitrogen and oxygen atoms in total. The quantitative estimate of drug-likeness (QED) is 0.264. The number of carbonyl (C=O) groups excluding carboxylic acids is 3. The molecule has 0 saturated heterocycles. The van der Waals surface area contributed by atoms with Crippen molar-refractivity contribution in [3.05, 3.63) is 48.0 Å². The smallest absolute Gasteiger partial charge is 0.323 e. The van der Waals surface area contributed by atoms with E-state index >= 15 is 0 Å². The lowest BCUT2D eigenvalue weighted by atomic mass is 9.96. The van der Waals surface area contributed by atoms with Crippen molar-refractivity contribution in [2.45, 2.75) is 96.4 Å². The lowest BCUT2D eigenvalue weighted by Crippen LogP contribution is -2.50. The number of fused-ring (bicyclic) bond motifs is 1. The van der Waals surface area contributed by atoms with Crippen molar-refractivity contribution in [3.63, 3.8) is 0 Å². The second kappa shape index (κ2) is 18.7. The minimum Gasteiger partial charge on any atom is -0.497 e. The van der Waals surface area contributed by atoms with Crippen molar-refractivity contribution in [1.29, 1.82) is 0 Å². The fourth-order valence-electron chi connectivity index (χ4n) is 6.32. The number of likely N-dealkylation sites (N-methyl/N-ethyl adjacent to an activating group) is 1. The molecular formula is C37H55N5O7. The second-order valence-corrected chi connectivity index (χ2v) is 13.5. The van der Waals surface area contributed by atoms with Crippen LogP contribution in [0.3, 0.4) is 0 Å². The molecular weight excluding hydrogens is 626 g/mol. The van der Waals surface area contributed by atoms with E-state index in [0.717, 1.165) is 44.9 Å². The third kappa shape index (κ3) is 11.3. The van der Waals surface area contributed by atoms with Gasteiger partial charge in [-0.05, 0) is 88.4 Å². The van der Waals surface area contributed by atoms with Crippen LogP contribution in [0.4, 0.5) is 21.0 Å². The number of hydrogen-bond acceptors (Lipinski definition) is 7. The van der Waals surface area contributed by atoms with E-state index in [1.807, 2.05) is 13.8 Å². The topological polar surface area (TPSA) is 142 Å². The number of aliphatic hydroxyl groups excluding tert-OH is 1. The summed E-state index contributed by atoms with van der Waals surface area (Å²) < 4.78 is 17.9. The Morgan fingerprint density at radius 1 is 1.00 bits per heavy atom. The minimum absolute atomic E-state index is 0.116. The number of methoxy groups -OCH3 is 1. The third-order valence-electron chi connectivity index (χ3n) is 9.39. The van der Waals surface area contributed by atoms with Gasteiger partial charge in [0.1, 0.15) is 11.5 Å². The Labute approximate surface area is 290 Å². The first-order valence-electron chi connectivity index (χ1n) is 17.7. The number of nitrogens with one attached hydrogen (secondary N) is 3. The van der Waals surface area contributed by atoms with Crippen LogP contribution in [-0.4, -0.2) is 97.6 Å². The zero-order valence-electron chi connectivity index (χ0n) is 29.7. The van der Waals surface area contributed by atoms with Crippen LogP contribution in [0.2, 0.25) is 0 Å². The Morgan fingerprint density at radius 3 is 2.37 bits per heavy atom. The monoisotopic (exact) mass is 681 g/mol. The summed E-state index contributed by atoms with van der Waals surface area (Å²) in [5.41, 5.74) is 1.27. The van der Waals surface area contributed by atoms with Crippen molar-refractivity contribution in [2.75, 3.05) is 51.1 Å². The van der Waals surface area contributed by atoms with Crippen LogP contribution in [-0.2, 0) is 4.74 Å². The summed E-state index contributed by atoms with van der Waals surface area (Å²) in [6.45, 7) is 6.68. The number of urea groups is 2. The molecule has 1 heterocycles. The van der Waals surface area contributed by atoms with Crippen molar-refractivity contribution in [3.8, 4) is 11.5 Å². The minimum atomic E-state index is -0.518. The maximum absolute atomic E-state index is 14.4. The van der Waals surface area contributed by atoms with Gasteiger partial charge in [-0.1, -0.05) is 26.2 Å². The van der Waals surface area contributed by atoms with Crippen molar-refractivity contribution in [1.82, 2.24) is 15.1 Å². The molecule has 2 aromatic carbocycles. The van der Waals surface area contributed by atoms with Crippen molar-refractivity contribution < 1.29 is 33.7 Å². The summed E-state index contributed by atoms with van der Waals surface area (Å²) in [4.78, 5) is 43.7. The SMILES string of the molecule is COc1ccc(NC(=O)Nc2ccc3c(c2)C(=O)N([C@H](C)CO)C[C@H](C)[C@H](CN(C)C(=O)NC2CCCCC2)OCCCC[C@H](C)O3)cc1. The molecule has 2 aromatic rings. The highest BCUT2D eigenvalue weighted by molar-refractivity contribution is 6.02. The molecule has 1 aliphatic heterocycles. The largest absolute Gasteiger partial charge is 0.497 e. The number of benzene rings is 2. The predicted octanol–water partition coefficient (Wildman–Crippen LogP) is 6.11. The molecule has 270 valence electrons. The zero-order valence-corrected chi connectivity index (χ0v) is 29.7. The van der Waals surface area contributed by atoms with E-state index in [4.69, 9.17) is 14.2 Å². The van der Waals surface area contributed by atoms with Gasteiger partial charge in [0.15, 0.2) is 0 Å². The van der Waals surface area contributed by atoms with E-state index in [2.05, 4.69) is 16.0 Å². The summed E-state index contributed by atoms with van der Waals surface area (Å²) in [5.74, 6) is 0.566. The Morgan fingerprint density at radius 2 is 1.67 bits per heavy atom. The molecule has 1 saturated carbocycles. The molecule has 2 aliphatic rings. The van der Waals surface area contributed by atoms with Crippen LogP contribution >= 0.6 is 0 Å². The van der Waals surface area contributed by atoms with Gasteiger partial charge in [0.25, 0.3) is 5.91 Å². The van der Waals surface area contributed by atoms with E-state index in [9.17, 15) is 19.5 Å². The van der Waals surface area contributed by atoms with E-state index in [-0.39, 0.29) is 54.8 Å². The molecule has 49 heavy (non-hydrogen) atoms. The summed E-state index contributed by atoms with van der Waals surface area (Å²) in [6.07, 6.45) is 7.39. The average Bonchev–Trinajstić information content (AvgIpc) is 3.10. The van der Waals surface area contributed by atoms with Gasteiger partial charge < -0.3 is 45.1 Å². The van der Waals surface area contributed by atoms with Crippen LogP contribution < -0.4 is 25.4 Å². The van der Waals surface area contributed by atoms with E-state index in [1.165, 1.54) is 6.42 Å². The molecule has 5 amide bonds. The third-order valence-corrected chi connectivity index (χ3v) is 9.39. The number of hydrogen-bond donors (Lipinski definition) is 4. The van der Waals surface area contributed by atoms with Crippen LogP contribution in [0, 0.1) is 5.92 Å². The molecule has 0 bridgehead atoms. The lowest BCUT2D eigenvalue weighted by Gasteiger charge is -2.36. The molecule has 4 atom stereocenters. The Kier molecular flexibility index (Phi) is 14.4. The molecule has 0 spiro atoms. The van der Waals surface area contributed by atoms with Gasteiger partial charge in [0.05, 0.1) is 37.5 Å². The molecule has 1 aliphatic carbocycles. The Bertz CT molecular complexity index is 1370. The van der Waals surface area contributed by atoms with E-state index in [0.29, 0.717) is 36.0 Å². The van der Waals surface area contributed by atoms with Crippen LogP contribution in [0.15, 0.2) is 42.5 Å². The van der Waals surface area contributed by atoms with Gasteiger partial charge in [0, 0.05) is 50.1 Å². The standard InChI is InChI=1S/C37H55N5O7/c1-25-22-42(26(2)24-43)35(44)32-21-30(39-36(45)38-29-14-17-31(47-5)18-15-29)16-19-33(32)49-27(3)11-9-10-20-48-34(25)23-41(4)37(46)40-28-12-7-6-8-13-28/h14-19,21,25-28,34,43H,6-13,20,22-24H2,1-5H3,(H,40,46)(H2,38,39,45)/t25-,26+,27-,34-/m0/s1. The molecule has 4 N–H and O–H groups in total. The van der Waals surface area contributed by atoms with Gasteiger partial charge in [-0.15, -0.1) is 0 Å². The summed E-state index contributed by atoms with van der Waals surface area (Å²) >= 11 is 0. The Hall–Kier alpha value is -4.03. The fourth-order valence-corrected chi connectivity index (χ4v) is 6.32. The highest BCUT2D eigenvalue weighted by atomic mass is 16.5. The zero-order chi connectivity index (χ0) is 35.3. The number of carbonyl (C=O) groups is 3.